The van der Waals surface area contributed by atoms with Gasteiger partial charge in [0.2, 0.25) is 5.95 Å². The molecule has 1 aliphatic rings. The average Bonchev–Trinajstić information content (AvgIpc) is 3.27. The lowest BCUT2D eigenvalue weighted by atomic mass is 9.95. The van der Waals surface area contributed by atoms with E-state index in [9.17, 15) is 4.79 Å². The first-order chi connectivity index (χ1) is 15.6. The third kappa shape index (κ3) is 3.94. The molecule has 4 aromatic rings. The average molecular weight is 427 g/mol. The fourth-order valence-corrected chi connectivity index (χ4v) is 4.48. The molecule has 1 amide bonds. The van der Waals surface area contributed by atoms with Gasteiger partial charge in [-0.2, -0.15) is 0 Å². The van der Waals surface area contributed by atoms with Crippen molar-refractivity contribution in [3.05, 3.63) is 77.9 Å². The number of fused-ring (bicyclic) bond motifs is 1. The van der Waals surface area contributed by atoms with Crippen LogP contribution in [-0.2, 0) is 6.42 Å². The molecular weight excluding hydrogens is 400 g/mol. The Bertz CT molecular complexity index is 1270. The number of aromatic nitrogens is 3. The number of benzene rings is 2. The molecule has 0 radical (unpaired) electrons. The van der Waals surface area contributed by atoms with Crippen molar-refractivity contribution in [2.24, 2.45) is 11.5 Å². The standard InChI is InChI=1S/C25H26N6O/c26-19-7-4-8-31(15-19)25-29-14-22(24(27)32)23(30-25)11-16-9-18-12-28-13-21(18)20(10-16)17-5-2-1-3-6-17/h1-3,5-6,9-10,12-14,19,28H,4,7-8,11,15,26H2,(H2,27,32)/t19-/m0/s1. The van der Waals surface area contributed by atoms with E-state index >= 15 is 0 Å². The highest BCUT2D eigenvalue weighted by atomic mass is 16.1. The van der Waals surface area contributed by atoms with Crippen LogP contribution in [-0.4, -0.2) is 40.0 Å². The molecule has 1 fully saturated rings. The van der Waals surface area contributed by atoms with E-state index in [1.165, 1.54) is 0 Å². The summed E-state index contributed by atoms with van der Waals surface area (Å²) in [5.74, 6) is 0.0825. The van der Waals surface area contributed by atoms with Gasteiger partial charge >= 0.3 is 0 Å². The molecule has 162 valence electrons. The molecular formula is C25H26N6O. The van der Waals surface area contributed by atoms with E-state index in [1.807, 2.05) is 30.6 Å². The van der Waals surface area contributed by atoms with Crippen molar-refractivity contribution in [2.75, 3.05) is 18.0 Å². The first kappa shape index (κ1) is 20.2. The Morgan fingerprint density at radius 1 is 1.19 bits per heavy atom. The number of nitrogens with zero attached hydrogens (tertiary/aromatic N) is 3. The minimum atomic E-state index is -0.520. The lowest BCUT2D eigenvalue weighted by Crippen LogP contribution is -2.43. The maximum atomic E-state index is 12.1. The van der Waals surface area contributed by atoms with Crippen molar-refractivity contribution in [3.63, 3.8) is 0 Å². The van der Waals surface area contributed by atoms with E-state index < -0.39 is 5.91 Å². The highest BCUT2D eigenvalue weighted by Crippen LogP contribution is 2.31. The van der Waals surface area contributed by atoms with Crippen LogP contribution in [0, 0.1) is 0 Å². The van der Waals surface area contributed by atoms with Gasteiger partial charge in [0.15, 0.2) is 0 Å². The van der Waals surface area contributed by atoms with Crippen molar-refractivity contribution in [3.8, 4) is 11.1 Å². The molecule has 3 heterocycles. The number of carbonyl (C=O) groups excluding carboxylic acids is 1. The third-order valence-electron chi connectivity index (χ3n) is 6.06. The summed E-state index contributed by atoms with van der Waals surface area (Å²) in [7, 11) is 0. The number of rotatable bonds is 5. The summed E-state index contributed by atoms with van der Waals surface area (Å²) in [5, 5.41) is 2.26. The Morgan fingerprint density at radius 3 is 2.81 bits per heavy atom. The van der Waals surface area contributed by atoms with Gasteiger partial charge in [-0.15, -0.1) is 0 Å². The van der Waals surface area contributed by atoms with Crippen molar-refractivity contribution < 1.29 is 4.79 Å². The maximum absolute atomic E-state index is 12.1. The molecule has 5 rings (SSSR count). The van der Waals surface area contributed by atoms with Gasteiger partial charge in [0.1, 0.15) is 0 Å². The van der Waals surface area contributed by atoms with Gasteiger partial charge < -0.3 is 21.4 Å². The summed E-state index contributed by atoms with van der Waals surface area (Å²) < 4.78 is 0. The lowest BCUT2D eigenvalue weighted by molar-refractivity contribution is 0.0998. The summed E-state index contributed by atoms with van der Waals surface area (Å²) in [6, 6.07) is 14.7. The molecule has 32 heavy (non-hydrogen) atoms. The molecule has 1 saturated heterocycles. The van der Waals surface area contributed by atoms with Crippen LogP contribution in [0.2, 0.25) is 0 Å². The SMILES string of the molecule is NC(=O)c1cnc(N2CCC[C@H](N)C2)nc1Cc1cc(-c2ccccc2)c2c[nH]cc2c1. The quantitative estimate of drug-likeness (QED) is 0.453. The first-order valence-corrected chi connectivity index (χ1v) is 10.9. The molecule has 7 nitrogen and oxygen atoms in total. The minimum Gasteiger partial charge on any atom is -0.366 e. The van der Waals surface area contributed by atoms with Crippen LogP contribution in [0.4, 0.5) is 5.95 Å². The topological polar surface area (TPSA) is 114 Å². The molecule has 1 atom stereocenters. The minimum absolute atomic E-state index is 0.107. The van der Waals surface area contributed by atoms with Gasteiger partial charge in [-0.1, -0.05) is 36.4 Å². The molecule has 5 N–H and O–H groups in total. The second kappa shape index (κ2) is 8.43. The zero-order valence-corrected chi connectivity index (χ0v) is 17.8. The molecule has 2 aromatic carbocycles. The van der Waals surface area contributed by atoms with E-state index in [4.69, 9.17) is 16.5 Å². The fourth-order valence-electron chi connectivity index (χ4n) is 4.48. The smallest absolute Gasteiger partial charge is 0.252 e. The highest BCUT2D eigenvalue weighted by Gasteiger charge is 2.21. The highest BCUT2D eigenvalue weighted by molar-refractivity contribution is 5.97. The molecule has 0 spiro atoms. The maximum Gasteiger partial charge on any atom is 0.252 e. The predicted octanol–water partition coefficient (Wildman–Crippen LogP) is 3.24. The summed E-state index contributed by atoms with van der Waals surface area (Å²) in [6.45, 7) is 1.57. The number of primary amides is 1. The number of nitrogens with two attached hydrogens (primary N) is 2. The van der Waals surface area contributed by atoms with Crippen LogP contribution in [0.3, 0.4) is 0 Å². The number of aromatic amines is 1. The Morgan fingerprint density at radius 2 is 2.03 bits per heavy atom. The summed E-state index contributed by atoms with van der Waals surface area (Å²) in [5.41, 5.74) is 16.1. The Balaban J connectivity index is 1.55. The first-order valence-electron chi connectivity index (χ1n) is 10.9. The van der Waals surface area contributed by atoms with Crippen LogP contribution in [0.1, 0.15) is 34.5 Å². The zero-order valence-electron chi connectivity index (χ0n) is 17.8. The monoisotopic (exact) mass is 426 g/mol. The van der Waals surface area contributed by atoms with Gasteiger partial charge in [0.25, 0.3) is 5.91 Å². The number of piperidine rings is 1. The van der Waals surface area contributed by atoms with Crippen molar-refractivity contribution >= 4 is 22.6 Å². The van der Waals surface area contributed by atoms with Gasteiger partial charge in [-0.3, -0.25) is 4.79 Å². The molecule has 0 bridgehead atoms. The largest absolute Gasteiger partial charge is 0.366 e. The van der Waals surface area contributed by atoms with Gasteiger partial charge in [0, 0.05) is 54.9 Å². The Labute approximate surface area is 186 Å². The molecule has 7 heteroatoms. The van der Waals surface area contributed by atoms with Gasteiger partial charge in [-0.05, 0) is 35.6 Å². The number of amides is 1. The predicted molar refractivity (Wildman–Crippen MR) is 127 cm³/mol. The number of carbonyl (C=O) groups is 1. The number of anilines is 1. The van der Waals surface area contributed by atoms with Crippen molar-refractivity contribution in [2.45, 2.75) is 25.3 Å². The van der Waals surface area contributed by atoms with E-state index in [0.29, 0.717) is 30.2 Å². The molecule has 0 unspecified atom stereocenters. The van der Waals surface area contributed by atoms with Crippen LogP contribution < -0.4 is 16.4 Å². The van der Waals surface area contributed by atoms with E-state index in [1.54, 1.807) is 6.20 Å². The van der Waals surface area contributed by atoms with Crippen LogP contribution in [0.25, 0.3) is 21.9 Å². The summed E-state index contributed by atoms with van der Waals surface area (Å²) in [4.78, 5) is 26.6. The second-order valence-corrected chi connectivity index (χ2v) is 8.39. The summed E-state index contributed by atoms with van der Waals surface area (Å²) >= 11 is 0. The van der Waals surface area contributed by atoms with Crippen LogP contribution >= 0.6 is 0 Å². The number of hydrogen-bond donors (Lipinski definition) is 3. The molecule has 0 saturated carbocycles. The third-order valence-corrected chi connectivity index (χ3v) is 6.06. The molecule has 0 aliphatic carbocycles. The van der Waals surface area contributed by atoms with Crippen molar-refractivity contribution in [1.82, 2.24) is 15.0 Å². The number of H-pyrrole nitrogens is 1. The second-order valence-electron chi connectivity index (χ2n) is 8.39. The molecule has 1 aliphatic heterocycles. The van der Waals surface area contributed by atoms with E-state index in [2.05, 4.69) is 39.1 Å². The Kier molecular flexibility index (Phi) is 5.33. The zero-order chi connectivity index (χ0) is 22.1. The fraction of sp³-hybridized carbons (Fsp3) is 0.240. The normalized spacial score (nSPS) is 16.4. The Hall–Kier alpha value is -3.71. The summed E-state index contributed by atoms with van der Waals surface area (Å²) in [6.07, 6.45) is 8.03. The van der Waals surface area contributed by atoms with Gasteiger partial charge in [0.05, 0.1) is 11.3 Å². The van der Waals surface area contributed by atoms with E-state index in [-0.39, 0.29) is 6.04 Å². The molecule has 2 aromatic heterocycles. The van der Waals surface area contributed by atoms with Crippen LogP contribution in [0.15, 0.2) is 61.1 Å². The van der Waals surface area contributed by atoms with Crippen molar-refractivity contribution in [1.29, 1.82) is 0 Å². The number of hydrogen-bond acceptors (Lipinski definition) is 5. The van der Waals surface area contributed by atoms with Gasteiger partial charge in [-0.25, -0.2) is 9.97 Å². The van der Waals surface area contributed by atoms with Crippen LogP contribution in [0.5, 0.6) is 0 Å². The van der Waals surface area contributed by atoms with E-state index in [0.717, 1.165) is 46.8 Å². The number of nitrogens with one attached hydrogen (secondary N) is 1. The lowest BCUT2D eigenvalue weighted by Gasteiger charge is -2.31.